The smallest absolute Gasteiger partial charge is 2.00 e. The molecule has 144 valence electrons. The van der Waals surface area contributed by atoms with Crippen molar-refractivity contribution in [2.75, 3.05) is 0 Å². The SMILES string of the molecule is O.O.O.O.O.O.O.O.O.O.[B+3].[B+3].[B+3].[B+3].[B+3].[Na+].[O-2].[O-2].[O-2].[O-2].[O-2].[O-2].[O-2].[O-2]. The van der Waals surface area contributed by atoms with Gasteiger partial charge in [-0.05, 0) is 0 Å². The second-order valence-electron chi connectivity index (χ2n) is 0. The van der Waals surface area contributed by atoms with Gasteiger partial charge in [0.1, 0.15) is 0 Å². The minimum Gasteiger partial charge on any atom is -2.00 e. The number of hydrogen-bond acceptors (Lipinski definition) is 0. The molecule has 0 fully saturated rings. The van der Waals surface area contributed by atoms with Crippen LogP contribution in [-0.2, 0) is 43.8 Å². The first-order valence-electron chi connectivity index (χ1n) is 0. The van der Waals surface area contributed by atoms with Gasteiger partial charge in [0.25, 0.3) is 0 Å². The summed E-state index contributed by atoms with van der Waals surface area (Å²) in [4.78, 5) is 0. The summed E-state index contributed by atoms with van der Waals surface area (Å²) in [7, 11) is 0. The third kappa shape index (κ3) is 28900. The number of hydrogen-bond donors (Lipinski definition) is 0. The van der Waals surface area contributed by atoms with Crippen molar-refractivity contribution in [2.45, 2.75) is 0 Å². The molecule has 0 aliphatic heterocycles. The van der Waals surface area contributed by atoms with E-state index in [1.807, 2.05) is 0 Å². The van der Waals surface area contributed by atoms with Crippen molar-refractivity contribution in [1.82, 2.24) is 0 Å². The zero-order chi connectivity index (χ0) is 0. The zero-order valence-corrected chi connectivity index (χ0v) is 14.2. The molecule has 0 atom stereocenters. The molecule has 0 unspecified atom stereocenters. The van der Waals surface area contributed by atoms with E-state index in [0.717, 1.165) is 0 Å². The normalized spacial score (nSPS) is 0. The van der Waals surface area contributed by atoms with Gasteiger partial charge in [0, 0.05) is 0 Å². The van der Waals surface area contributed by atoms with E-state index in [1.165, 1.54) is 0 Å². The summed E-state index contributed by atoms with van der Waals surface area (Å²) in [6.45, 7) is 0. The average molecular weight is 385 g/mol. The Balaban J connectivity index is 0. The Hall–Kier alpha value is 0.605. The molecule has 0 saturated carbocycles. The van der Waals surface area contributed by atoms with E-state index in [1.54, 1.807) is 0 Å². The Kier molecular flexibility index (Phi) is 51500000. The van der Waals surface area contributed by atoms with E-state index in [-0.39, 0.29) is 170 Å². The van der Waals surface area contributed by atoms with Crippen LogP contribution in [0.25, 0.3) is 0 Å². The van der Waals surface area contributed by atoms with Crippen LogP contribution in [0.3, 0.4) is 0 Å². The second-order valence-corrected chi connectivity index (χ2v) is 0. The Labute approximate surface area is 170 Å². The fraction of sp³-hybridized carbons (Fsp3) is 0. The molecule has 0 heterocycles. The maximum absolute atomic E-state index is 0. The van der Waals surface area contributed by atoms with Gasteiger partial charge in [-0.25, -0.2) is 0 Å². The van der Waals surface area contributed by atoms with Gasteiger partial charge < -0.3 is 98.6 Å². The topological polar surface area (TPSA) is 543 Å². The predicted octanol–water partition coefficient (Wildman–Crippen LogP) is -14.1. The van der Waals surface area contributed by atoms with Crippen LogP contribution in [0.2, 0.25) is 0 Å². The van der Waals surface area contributed by atoms with Gasteiger partial charge in [-0.1, -0.05) is 0 Å². The van der Waals surface area contributed by atoms with Crippen LogP contribution in [0.1, 0.15) is 0 Å². The Bertz CT molecular complexity index is 23.4. The molecule has 24 heavy (non-hydrogen) atoms. The zero-order valence-electron chi connectivity index (χ0n) is 12.2. The summed E-state index contributed by atoms with van der Waals surface area (Å²) in [6, 6.07) is 0. The van der Waals surface area contributed by atoms with Crippen molar-refractivity contribution in [3.8, 4) is 0 Å². The van der Waals surface area contributed by atoms with Gasteiger partial charge >= 0.3 is 71.6 Å². The third-order valence-electron chi connectivity index (χ3n) is 0. The molecule has 0 rings (SSSR count). The molecule has 0 radical (unpaired) electrons. The molecule has 0 aromatic rings. The molecule has 0 saturated heterocycles. The van der Waals surface area contributed by atoms with Gasteiger partial charge in [-0.2, -0.15) is 0 Å². The van der Waals surface area contributed by atoms with E-state index < -0.39 is 0 Å². The molecule has 0 aromatic heterocycles. The van der Waals surface area contributed by atoms with Crippen LogP contribution in [-0.4, -0.2) is 96.8 Å². The van der Waals surface area contributed by atoms with Crippen molar-refractivity contribution < 1.29 is 128 Å². The largest absolute Gasteiger partial charge is 3.00 e. The van der Waals surface area contributed by atoms with Crippen LogP contribution in [0, 0.1) is 0 Å². The molecule has 0 aliphatic carbocycles. The Morgan fingerprint density at radius 3 is 0.167 bits per heavy atom. The van der Waals surface area contributed by atoms with Gasteiger partial charge in [0.2, 0.25) is 0 Å². The van der Waals surface area contributed by atoms with Crippen LogP contribution < -0.4 is 29.6 Å². The van der Waals surface area contributed by atoms with Crippen LogP contribution in [0.15, 0.2) is 0 Å². The fourth-order valence-electron chi connectivity index (χ4n) is 0. The Morgan fingerprint density at radius 2 is 0.167 bits per heavy atom. The van der Waals surface area contributed by atoms with Gasteiger partial charge in [0.05, 0.1) is 0 Å². The van der Waals surface area contributed by atoms with Crippen molar-refractivity contribution in [2.24, 2.45) is 0 Å². The molecule has 0 bridgehead atoms. The first-order chi connectivity index (χ1) is 0. The average Bonchev–Trinajstić information content (AvgIpc) is 0. The summed E-state index contributed by atoms with van der Waals surface area (Å²) in [6.07, 6.45) is 0. The fourth-order valence-corrected chi connectivity index (χ4v) is 0. The van der Waals surface area contributed by atoms with Crippen LogP contribution >= 0.6 is 0 Å². The summed E-state index contributed by atoms with van der Waals surface area (Å²) >= 11 is 0. The van der Waals surface area contributed by atoms with Gasteiger partial charge in [-0.3, -0.25) is 0 Å². The quantitative estimate of drug-likeness (QED) is 0.350. The Morgan fingerprint density at radius 1 is 0.167 bits per heavy atom. The predicted molar refractivity (Wildman–Crippen MR) is 70.4 cm³/mol. The number of rotatable bonds is 0. The standard InChI is InChI=1S/5B.Na.10H2O.8O/h;;;;;;10*1H2;;;;;;;;/q5*+3;+1;;;;;;;;;;;8*-2. The summed E-state index contributed by atoms with van der Waals surface area (Å²) in [5, 5.41) is 0. The summed E-state index contributed by atoms with van der Waals surface area (Å²) in [5.74, 6) is 0. The molecule has 0 spiro atoms. The molecule has 20 N–H and O–H groups in total. The molecule has 24 heteroatoms. The van der Waals surface area contributed by atoms with E-state index in [2.05, 4.69) is 0 Å². The molecule has 0 amide bonds. The van der Waals surface area contributed by atoms with Crippen LogP contribution in [0.4, 0.5) is 0 Å². The first-order valence-corrected chi connectivity index (χ1v) is 0. The van der Waals surface area contributed by atoms with Crippen molar-refractivity contribution in [3.05, 3.63) is 0 Å². The third-order valence-corrected chi connectivity index (χ3v) is 0. The molecule has 0 aromatic carbocycles. The minimum atomic E-state index is 0. The molecule has 18 nitrogen and oxygen atoms in total. The van der Waals surface area contributed by atoms with Gasteiger partial charge in [0.15, 0.2) is 0 Å². The van der Waals surface area contributed by atoms with E-state index in [4.69, 9.17) is 0 Å². The molecular formula is H20B5NaO18. The van der Waals surface area contributed by atoms with E-state index >= 15 is 0 Å². The van der Waals surface area contributed by atoms with Crippen molar-refractivity contribution in [1.29, 1.82) is 0 Å². The molecule has 0 aliphatic rings. The summed E-state index contributed by atoms with van der Waals surface area (Å²) < 4.78 is 0. The summed E-state index contributed by atoms with van der Waals surface area (Å²) in [5.41, 5.74) is 0. The van der Waals surface area contributed by atoms with Crippen molar-refractivity contribution in [3.63, 3.8) is 0 Å². The second kappa shape index (κ2) is 33000. The van der Waals surface area contributed by atoms with Crippen LogP contribution in [0.5, 0.6) is 0 Å². The minimum absolute atomic E-state index is 0. The van der Waals surface area contributed by atoms with E-state index in [0.29, 0.717) is 0 Å². The maximum atomic E-state index is 0. The van der Waals surface area contributed by atoms with Crippen molar-refractivity contribution >= 4 is 42.1 Å². The monoisotopic (exact) mass is 386 g/mol. The van der Waals surface area contributed by atoms with E-state index in [9.17, 15) is 0 Å². The molecular weight excluding hydrogens is 365 g/mol. The van der Waals surface area contributed by atoms with Gasteiger partial charge in [-0.15, -0.1) is 0 Å². The first kappa shape index (κ1) is 37500. The maximum Gasteiger partial charge on any atom is 3.00 e.